The van der Waals surface area contributed by atoms with Crippen molar-refractivity contribution >= 4 is 40.1 Å². The summed E-state index contributed by atoms with van der Waals surface area (Å²) in [5.74, 6) is 0.976. The number of aliphatic imine (C=N–C) groups is 1. The van der Waals surface area contributed by atoms with Crippen LogP contribution in [0.25, 0.3) is 0 Å². The van der Waals surface area contributed by atoms with Crippen molar-refractivity contribution in [3.63, 3.8) is 0 Å². The zero-order valence-corrected chi connectivity index (χ0v) is 19.4. The summed E-state index contributed by atoms with van der Waals surface area (Å²) in [5.41, 5.74) is 3.36. The minimum atomic E-state index is -0.580. The topological polar surface area (TPSA) is 80.2 Å². The van der Waals surface area contributed by atoms with Crippen molar-refractivity contribution < 1.29 is 19.1 Å². The van der Waals surface area contributed by atoms with Gasteiger partial charge in [0.05, 0.1) is 12.2 Å². The molecule has 0 spiro atoms. The van der Waals surface area contributed by atoms with E-state index in [4.69, 9.17) is 14.5 Å². The molecule has 0 aliphatic carbocycles. The van der Waals surface area contributed by atoms with E-state index in [2.05, 4.69) is 5.32 Å². The number of thioether (sulfide) groups is 1. The molecule has 1 fully saturated rings. The van der Waals surface area contributed by atoms with E-state index < -0.39 is 5.25 Å². The summed E-state index contributed by atoms with van der Waals surface area (Å²) in [6, 6.07) is 22.6. The smallest absolute Gasteiger partial charge is 0.238 e. The number of nitrogens with zero attached hydrogens (tertiary/aromatic N) is 2. The van der Waals surface area contributed by atoms with Crippen molar-refractivity contribution in [1.82, 2.24) is 4.90 Å². The number of nitrogens with one attached hydrogen (secondary N) is 1. The molecule has 2 heterocycles. The minimum Gasteiger partial charge on any atom is -0.454 e. The molecule has 8 heteroatoms. The molecule has 3 aromatic rings. The predicted molar refractivity (Wildman–Crippen MR) is 132 cm³/mol. The molecular weight excluding hydrogens is 450 g/mol. The first-order valence-electron chi connectivity index (χ1n) is 10.9. The van der Waals surface area contributed by atoms with Crippen molar-refractivity contribution in [3.8, 4) is 11.5 Å². The Hall–Kier alpha value is -3.78. The third-order valence-electron chi connectivity index (χ3n) is 5.48. The van der Waals surface area contributed by atoms with E-state index in [1.807, 2.05) is 79.7 Å². The second kappa shape index (κ2) is 9.61. The third-order valence-corrected chi connectivity index (χ3v) is 6.66. The van der Waals surface area contributed by atoms with Crippen LogP contribution in [-0.4, -0.2) is 33.9 Å². The number of benzene rings is 3. The molecule has 7 nitrogen and oxygen atoms in total. The van der Waals surface area contributed by atoms with Gasteiger partial charge in [-0.05, 0) is 54.4 Å². The molecule has 172 valence electrons. The summed E-state index contributed by atoms with van der Waals surface area (Å²) in [7, 11) is 0. The van der Waals surface area contributed by atoms with E-state index in [-0.39, 0.29) is 25.0 Å². The van der Waals surface area contributed by atoms with Gasteiger partial charge < -0.3 is 14.8 Å². The lowest BCUT2D eigenvalue weighted by molar-refractivity contribution is -0.129. The van der Waals surface area contributed by atoms with Crippen LogP contribution in [0.4, 0.5) is 11.4 Å². The lowest BCUT2D eigenvalue weighted by atomic mass is 10.1. The van der Waals surface area contributed by atoms with E-state index >= 15 is 0 Å². The van der Waals surface area contributed by atoms with Crippen LogP contribution in [0.3, 0.4) is 0 Å². The average molecular weight is 474 g/mol. The van der Waals surface area contributed by atoms with E-state index in [9.17, 15) is 9.59 Å². The lowest BCUT2D eigenvalue weighted by Crippen LogP contribution is -2.44. The monoisotopic (exact) mass is 473 g/mol. The molecule has 34 heavy (non-hydrogen) atoms. The Bertz CT molecular complexity index is 1260. The first kappa shape index (κ1) is 22.0. The Labute approximate surface area is 201 Å². The molecule has 5 rings (SSSR count). The third kappa shape index (κ3) is 4.92. The summed E-state index contributed by atoms with van der Waals surface area (Å²) in [6.07, 6.45) is 0.0840. The van der Waals surface area contributed by atoms with Gasteiger partial charge in [-0.15, -0.1) is 0 Å². The number of hydrogen-bond acceptors (Lipinski definition) is 6. The SMILES string of the molecule is Cc1cccc(NC(=O)C2CC(=O)N(Cc3ccc4c(c3)OCO4)C(=Nc3ccccc3)S2)c1. The standard InChI is InChI=1S/C26H23N3O4S/c1-17-6-5-9-20(12-17)27-25(31)23-14-24(30)29(26(34-23)28-19-7-3-2-4-8-19)15-18-10-11-21-22(13-18)33-16-32-21/h2-13,23H,14-16H2,1H3,(H,27,31). The van der Waals surface area contributed by atoms with E-state index in [1.165, 1.54) is 11.8 Å². The quantitative estimate of drug-likeness (QED) is 0.571. The number of aryl methyl sites for hydroxylation is 1. The maximum atomic E-state index is 13.3. The van der Waals surface area contributed by atoms with Gasteiger partial charge in [0, 0.05) is 12.1 Å². The van der Waals surface area contributed by atoms with Gasteiger partial charge in [-0.1, -0.05) is 48.2 Å². The number of amidine groups is 1. The summed E-state index contributed by atoms with van der Waals surface area (Å²) >= 11 is 1.30. The highest BCUT2D eigenvalue weighted by molar-refractivity contribution is 8.15. The van der Waals surface area contributed by atoms with E-state index in [0.29, 0.717) is 34.6 Å². The molecule has 1 N–H and O–H groups in total. The molecule has 2 aliphatic rings. The molecule has 2 amide bonds. The molecule has 0 bridgehead atoms. The Kier molecular flexibility index (Phi) is 6.22. The number of ether oxygens (including phenoxy) is 2. The first-order valence-corrected chi connectivity index (χ1v) is 11.8. The molecule has 1 saturated heterocycles. The van der Waals surface area contributed by atoms with Gasteiger partial charge >= 0.3 is 0 Å². The van der Waals surface area contributed by atoms with Gasteiger partial charge in [-0.3, -0.25) is 14.5 Å². The fourth-order valence-electron chi connectivity index (χ4n) is 3.78. The van der Waals surface area contributed by atoms with Gasteiger partial charge in [0.2, 0.25) is 18.6 Å². The Morgan fingerprint density at radius 1 is 1.06 bits per heavy atom. The molecule has 2 aliphatic heterocycles. The number of para-hydroxylation sites is 1. The second-order valence-corrected chi connectivity index (χ2v) is 9.24. The number of anilines is 1. The Balaban J connectivity index is 1.40. The summed E-state index contributed by atoms with van der Waals surface area (Å²) in [5, 5.41) is 2.84. The van der Waals surface area contributed by atoms with Gasteiger partial charge in [0.15, 0.2) is 16.7 Å². The number of amides is 2. The number of fused-ring (bicyclic) bond motifs is 1. The maximum absolute atomic E-state index is 13.3. The molecule has 1 atom stereocenters. The lowest BCUT2D eigenvalue weighted by Gasteiger charge is -2.32. The Morgan fingerprint density at radius 2 is 1.88 bits per heavy atom. The highest BCUT2D eigenvalue weighted by atomic mass is 32.2. The van der Waals surface area contributed by atoms with Crippen molar-refractivity contribution in [1.29, 1.82) is 0 Å². The van der Waals surface area contributed by atoms with Crippen molar-refractivity contribution in [2.45, 2.75) is 25.1 Å². The van der Waals surface area contributed by atoms with Crippen LogP contribution in [0, 0.1) is 6.92 Å². The number of rotatable bonds is 5. The molecule has 0 aromatic heterocycles. The first-order chi connectivity index (χ1) is 16.5. The molecule has 0 saturated carbocycles. The van der Waals surface area contributed by atoms with Crippen molar-refractivity contribution in [2.24, 2.45) is 4.99 Å². The molecule has 3 aromatic carbocycles. The summed E-state index contributed by atoms with van der Waals surface area (Å²) in [6.45, 7) is 2.48. The fourth-order valence-corrected chi connectivity index (χ4v) is 4.88. The average Bonchev–Trinajstić information content (AvgIpc) is 3.30. The van der Waals surface area contributed by atoms with Crippen LogP contribution in [0.1, 0.15) is 17.5 Å². The molecular formula is C26H23N3O4S. The normalized spacial score (nSPS) is 18.3. The molecule has 0 radical (unpaired) electrons. The highest BCUT2D eigenvalue weighted by Gasteiger charge is 2.36. The van der Waals surface area contributed by atoms with Crippen molar-refractivity contribution in [3.05, 3.63) is 83.9 Å². The van der Waals surface area contributed by atoms with Crippen LogP contribution in [-0.2, 0) is 16.1 Å². The zero-order valence-electron chi connectivity index (χ0n) is 18.6. The summed E-state index contributed by atoms with van der Waals surface area (Å²) in [4.78, 5) is 32.6. The van der Waals surface area contributed by atoms with Gasteiger partial charge in [-0.25, -0.2) is 4.99 Å². The van der Waals surface area contributed by atoms with Crippen molar-refractivity contribution in [2.75, 3.05) is 12.1 Å². The van der Waals surface area contributed by atoms with Crippen LogP contribution in [0.5, 0.6) is 11.5 Å². The van der Waals surface area contributed by atoms with Crippen LogP contribution >= 0.6 is 11.8 Å². The maximum Gasteiger partial charge on any atom is 0.238 e. The number of hydrogen-bond donors (Lipinski definition) is 1. The zero-order chi connectivity index (χ0) is 23.5. The van der Waals surface area contributed by atoms with E-state index in [0.717, 1.165) is 11.1 Å². The Morgan fingerprint density at radius 3 is 2.71 bits per heavy atom. The predicted octanol–water partition coefficient (Wildman–Crippen LogP) is 4.88. The van der Waals surface area contributed by atoms with Crippen LogP contribution in [0.15, 0.2) is 77.8 Å². The van der Waals surface area contributed by atoms with Gasteiger partial charge in [0.25, 0.3) is 0 Å². The van der Waals surface area contributed by atoms with E-state index in [1.54, 1.807) is 4.90 Å². The number of carbonyl (C=O) groups is 2. The second-order valence-electron chi connectivity index (χ2n) is 8.07. The van der Waals surface area contributed by atoms with Crippen LogP contribution in [0.2, 0.25) is 0 Å². The number of carbonyl (C=O) groups excluding carboxylic acids is 2. The highest BCUT2D eigenvalue weighted by Crippen LogP contribution is 2.35. The fraction of sp³-hybridized carbons (Fsp3) is 0.192. The van der Waals surface area contributed by atoms with Gasteiger partial charge in [0.1, 0.15) is 5.25 Å². The minimum absolute atomic E-state index is 0.0840. The van der Waals surface area contributed by atoms with Crippen LogP contribution < -0.4 is 14.8 Å². The van der Waals surface area contributed by atoms with Gasteiger partial charge in [-0.2, -0.15) is 0 Å². The molecule has 1 unspecified atom stereocenters. The summed E-state index contributed by atoms with van der Waals surface area (Å²) < 4.78 is 10.9. The largest absolute Gasteiger partial charge is 0.454 e.